The van der Waals surface area contributed by atoms with Crippen LogP contribution in [-0.4, -0.2) is 23.5 Å². The van der Waals surface area contributed by atoms with Crippen molar-refractivity contribution in [2.24, 2.45) is 0 Å². The summed E-state index contributed by atoms with van der Waals surface area (Å²) in [6, 6.07) is 8.58. The van der Waals surface area contributed by atoms with E-state index >= 15 is 0 Å². The highest BCUT2D eigenvalue weighted by atomic mass is 19.4. The molecule has 2 N–H and O–H groups in total. The number of carbonyl (C=O) groups excluding carboxylic acids is 1. The predicted molar refractivity (Wildman–Crippen MR) is 86.2 cm³/mol. The summed E-state index contributed by atoms with van der Waals surface area (Å²) >= 11 is 0. The van der Waals surface area contributed by atoms with Crippen LogP contribution in [0.3, 0.4) is 0 Å². The Morgan fingerprint density at radius 3 is 2.56 bits per heavy atom. The molecule has 1 amide bonds. The van der Waals surface area contributed by atoms with Crippen LogP contribution in [0, 0.1) is 10.1 Å². The maximum atomic E-state index is 12.7. The number of nitrogens with one attached hydrogen (secondary N) is 2. The summed E-state index contributed by atoms with van der Waals surface area (Å²) in [5, 5.41) is 11.0. The largest absolute Gasteiger partial charge is 0.485 e. The van der Waals surface area contributed by atoms with Crippen LogP contribution in [0.15, 0.2) is 42.5 Å². The van der Waals surface area contributed by atoms with Crippen LogP contribution in [0.4, 0.5) is 24.5 Å². The zero-order valence-electron chi connectivity index (χ0n) is 13.4. The van der Waals surface area contributed by atoms with Gasteiger partial charge in [0.25, 0.3) is 11.6 Å². The molecule has 2 aromatic carbocycles. The molecule has 11 heteroatoms. The van der Waals surface area contributed by atoms with Crippen molar-refractivity contribution in [2.45, 2.75) is 12.3 Å². The first kappa shape index (κ1) is 18.3. The lowest BCUT2D eigenvalue weighted by atomic mass is 10.1. The molecule has 0 aliphatic carbocycles. The molecule has 0 radical (unpaired) electrons. The van der Waals surface area contributed by atoms with Gasteiger partial charge in [0.2, 0.25) is 6.10 Å². The number of amides is 1. The number of hydrogen-bond donors (Lipinski definition) is 2. The first-order chi connectivity index (χ1) is 12.8. The number of nitro groups is 1. The first-order valence-electron chi connectivity index (χ1n) is 7.55. The van der Waals surface area contributed by atoms with Crippen molar-refractivity contribution in [1.82, 2.24) is 5.43 Å². The normalized spacial score (nSPS) is 15.7. The van der Waals surface area contributed by atoms with E-state index in [2.05, 4.69) is 10.9 Å². The molecule has 2 aromatic rings. The summed E-state index contributed by atoms with van der Waals surface area (Å²) in [5.41, 5.74) is 2.11. The minimum Gasteiger partial charge on any atom is -0.485 e. The number of anilines is 1. The van der Waals surface area contributed by atoms with E-state index in [0.29, 0.717) is 23.6 Å². The van der Waals surface area contributed by atoms with Gasteiger partial charge < -0.3 is 9.47 Å². The molecule has 1 aliphatic heterocycles. The van der Waals surface area contributed by atoms with Crippen LogP contribution in [0.2, 0.25) is 0 Å². The van der Waals surface area contributed by atoms with Gasteiger partial charge in [-0.15, -0.1) is 0 Å². The number of para-hydroxylation sites is 2. The third kappa shape index (κ3) is 4.02. The van der Waals surface area contributed by atoms with E-state index in [1.165, 1.54) is 0 Å². The zero-order chi connectivity index (χ0) is 19.6. The second kappa shape index (κ2) is 7.02. The summed E-state index contributed by atoms with van der Waals surface area (Å²) in [5.74, 6) is 0.107. The number of nitrogens with zero attached hydrogens (tertiary/aromatic N) is 1. The Morgan fingerprint density at radius 1 is 1.19 bits per heavy atom. The average molecular weight is 383 g/mol. The third-order valence-corrected chi connectivity index (χ3v) is 3.64. The number of hydrogen-bond acceptors (Lipinski definition) is 6. The molecule has 3 rings (SSSR count). The second-order valence-electron chi connectivity index (χ2n) is 5.47. The summed E-state index contributed by atoms with van der Waals surface area (Å²) in [7, 11) is 0. The molecule has 0 bridgehead atoms. The maximum Gasteiger partial charge on any atom is 0.416 e. The van der Waals surface area contributed by atoms with Crippen molar-refractivity contribution in [3.63, 3.8) is 0 Å². The Bertz CT molecular complexity index is 888. The molecule has 142 valence electrons. The van der Waals surface area contributed by atoms with Gasteiger partial charge in [-0.05, 0) is 24.3 Å². The Kier molecular flexibility index (Phi) is 4.75. The predicted octanol–water partition coefficient (Wildman–Crippen LogP) is 2.90. The van der Waals surface area contributed by atoms with Crippen molar-refractivity contribution in [1.29, 1.82) is 0 Å². The van der Waals surface area contributed by atoms with Crippen LogP contribution in [0.1, 0.15) is 5.56 Å². The molecule has 1 atom stereocenters. The molecule has 27 heavy (non-hydrogen) atoms. The minimum absolute atomic E-state index is 0.0976. The smallest absolute Gasteiger partial charge is 0.416 e. The molecular weight excluding hydrogens is 371 g/mol. The van der Waals surface area contributed by atoms with Gasteiger partial charge in [0.1, 0.15) is 12.3 Å². The highest BCUT2D eigenvalue weighted by Gasteiger charge is 2.33. The lowest BCUT2D eigenvalue weighted by Crippen LogP contribution is -2.46. The Morgan fingerprint density at radius 2 is 1.89 bits per heavy atom. The average Bonchev–Trinajstić information content (AvgIpc) is 2.64. The van der Waals surface area contributed by atoms with E-state index in [4.69, 9.17) is 9.47 Å². The number of benzene rings is 2. The summed E-state index contributed by atoms with van der Waals surface area (Å²) in [6.45, 7) is -0.0976. The van der Waals surface area contributed by atoms with Crippen LogP contribution < -0.4 is 20.3 Å². The second-order valence-corrected chi connectivity index (χ2v) is 5.47. The first-order valence-corrected chi connectivity index (χ1v) is 7.55. The third-order valence-electron chi connectivity index (χ3n) is 3.64. The number of halogens is 3. The minimum atomic E-state index is -4.73. The van der Waals surface area contributed by atoms with Gasteiger partial charge in [-0.25, -0.2) is 0 Å². The van der Waals surface area contributed by atoms with Gasteiger partial charge in [-0.2, -0.15) is 13.2 Å². The van der Waals surface area contributed by atoms with Crippen molar-refractivity contribution in [3.05, 3.63) is 58.1 Å². The molecular formula is C16H12F3N3O5. The molecule has 0 spiro atoms. The number of nitro benzene ring substituents is 1. The zero-order valence-corrected chi connectivity index (χ0v) is 13.4. The fourth-order valence-electron chi connectivity index (χ4n) is 2.32. The van der Waals surface area contributed by atoms with Gasteiger partial charge in [-0.3, -0.25) is 25.8 Å². The lowest BCUT2D eigenvalue weighted by molar-refractivity contribution is -0.384. The summed E-state index contributed by atoms with van der Waals surface area (Å²) in [4.78, 5) is 22.2. The Balaban J connectivity index is 1.69. The topological polar surface area (TPSA) is 103 Å². The summed E-state index contributed by atoms with van der Waals surface area (Å²) in [6.07, 6.45) is -5.77. The van der Waals surface area contributed by atoms with E-state index in [1.807, 2.05) is 0 Å². The molecule has 0 fully saturated rings. The fourth-order valence-corrected chi connectivity index (χ4v) is 2.32. The van der Waals surface area contributed by atoms with Crippen LogP contribution in [0.5, 0.6) is 11.5 Å². The van der Waals surface area contributed by atoms with Gasteiger partial charge in [0.15, 0.2) is 11.5 Å². The van der Waals surface area contributed by atoms with Crippen molar-refractivity contribution in [3.8, 4) is 11.5 Å². The monoisotopic (exact) mass is 383 g/mol. The Labute approximate surface area is 150 Å². The number of hydrazine groups is 1. The van der Waals surface area contributed by atoms with E-state index in [-0.39, 0.29) is 12.3 Å². The summed E-state index contributed by atoms with van der Waals surface area (Å²) < 4.78 is 48.9. The fraction of sp³-hybridized carbons (Fsp3) is 0.188. The van der Waals surface area contributed by atoms with E-state index in [1.54, 1.807) is 24.3 Å². The number of carbonyl (C=O) groups is 1. The van der Waals surface area contributed by atoms with Crippen LogP contribution in [-0.2, 0) is 11.0 Å². The van der Waals surface area contributed by atoms with Crippen LogP contribution >= 0.6 is 0 Å². The molecule has 0 saturated carbocycles. The van der Waals surface area contributed by atoms with Gasteiger partial charge in [0, 0.05) is 6.07 Å². The number of alkyl halides is 3. The quantitative estimate of drug-likeness (QED) is 0.622. The molecule has 1 heterocycles. The molecule has 0 aromatic heterocycles. The Hall–Kier alpha value is -3.50. The molecule has 8 nitrogen and oxygen atoms in total. The van der Waals surface area contributed by atoms with Gasteiger partial charge in [0.05, 0.1) is 10.5 Å². The highest BCUT2D eigenvalue weighted by Crippen LogP contribution is 2.35. The number of ether oxygens (including phenoxy) is 2. The lowest BCUT2D eigenvalue weighted by Gasteiger charge is -2.25. The van der Waals surface area contributed by atoms with E-state index in [0.717, 1.165) is 6.07 Å². The van der Waals surface area contributed by atoms with Crippen LogP contribution in [0.25, 0.3) is 0 Å². The molecule has 1 unspecified atom stereocenters. The van der Waals surface area contributed by atoms with Gasteiger partial charge in [-0.1, -0.05) is 12.1 Å². The number of rotatable bonds is 4. The maximum absolute atomic E-state index is 12.7. The standard InChI is InChI=1S/C16H12F3N3O5/c17-16(18,19)9-5-6-10(11(7-9)22(24)25)20-21-15(23)14-8-26-12-3-1-2-4-13(12)27-14/h1-7,14,20H,8H2,(H,21,23). The SMILES string of the molecule is O=C(NNc1ccc(C(F)(F)F)cc1[N+](=O)[O-])C1COc2ccccc2O1. The van der Waals surface area contributed by atoms with Crippen molar-refractivity contribution in [2.75, 3.05) is 12.0 Å². The van der Waals surface area contributed by atoms with Crippen molar-refractivity contribution < 1.29 is 32.4 Å². The van der Waals surface area contributed by atoms with Gasteiger partial charge >= 0.3 is 6.18 Å². The molecule has 0 saturated heterocycles. The van der Waals surface area contributed by atoms with Crippen molar-refractivity contribution >= 4 is 17.3 Å². The molecule has 1 aliphatic rings. The number of fused-ring (bicyclic) bond motifs is 1. The van der Waals surface area contributed by atoms with E-state index in [9.17, 15) is 28.1 Å². The highest BCUT2D eigenvalue weighted by molar-refractivity contribution is 5.83. The van der Waals surface area contributed by atoms with E-state index < -0.39 is 34.4 Å².